The monoisotopic (exact) mass is 403 g/mol. The Balaban J connectivity index is 1.35. The van der Waals surface area contributed by atoms with E-state index in [0.717, 1.165) is 43.0 Å². The molecule has 2 aliphatic rings. The van der Waals surface area contributed by atoms with Crippen molar-refractivity contribution in [1.82, 2.24) is 9.88 Å². The van der Waals surface area contributed by atoms with Crippen LogP contribution in [0.3, 0.4) is 0 Å². The standard InChI is InChI=1S/C20H25N3O4S/c1-25-15-6-4-14(5-7-15)16-12-28-19(21-16)22-18(24)11-23-10-17(26-2)20(13-23)8-3-9-27-20/h4-7,12,17H,3,8-11,13H2,1-2H3,(H,21,22,24)/t17-,20-/m1/s1. The summed E-state index contributed by atoms with van der Waals surface area (Å²) >= 11 is 1.42. The Bertz CT molecular complexity index is 817. The number of aromatic nitrogens is 1. The summed E-state index contributed by atoms with van der Waals surface area (Å²) in [5, 5.41) is 5.46. The molecule has 28 heavy (non-hydrogen) atoms. The van der Waals surface area contributed by atoms with E-state index in [9.17, 15) is 4.79 Å². The number of hydrogen-bond donors (Lipinski definition) is 1. The summed E-state index contributed by atoms with van der Waals surface area (Å²) in [6.45, 7) is 2.52. The van der Waals surface area contributed by atoms with Gasteiger partial charge in [-0.25, -0.2) is 4.98 Å². The van der Waals surface area contributed by atoms with Crippen molar-refractivity contribution in [3.05, 3.63) is 29.6 Å². The average Bonchev–Trinajstić information content (AvgIpc) is 3.43. The van der Waals surface area contributed by atoms with Crippen molar-refractivity contribution in [3.8, 4) is 17.0 Å². The van der Waals surface area contributed by atoms with Gasteiger partial charge in [0.2, 0.25) is 5.91 Å². The topological polar surface area (TPSA) is 72.9 Å². The average molecular weight is 404 g/mol. The predicted molar refractivity (Wildman–Crippen MR) is 108 cm³/mol. The normalized spacial score (nSPS) is 24.7. The molecule has 4 rings (SSSR count). The number of thiazole rings is 1. The van der Waals surface area contributed by atoms with Crippen LogP contribution in [0.4, 0.5) is 5.13 Å². The molecule has 1 N–H and O–H groups in total. The molecule has 2 aromatic rings. The van der Waals surface area contributed by atoms with Gasteiger partial charge in [-0.15, -0.1) is 11.3 Å². The summed E-state index contributed by atoms with van der Waals surface area (Å²) in [5.74, 6) is 0.733. The van der Waals surface area contributed by atoms with Crippen LogP contribution in [0.25, 0.3) is 11.3 Å². The Morgan fingerprint density at radius 2 is 2.21 bits per heavy atom. The lowest BCUT2D eigenvalue weighted by Gasteiger charge is -2.28. The van der Waals surface area contributed by atoms with E-state index in [1.165, 1.54) is 11.3 Å². The van der Waals surface area contributed by atoms with E-state index in [-0.39, 0.29) is 17.6 Å². The van der Waals surface area contributed by atoms with Crippen molar-refractivity contribution in [3.63, 3.8) is 0 Å². The number of anilines is 1. The minimum Gasteiger partial charge on any atom is -0.497 e. The van der Waals surface area contributed by atoms with E-state index in [0.29, 0.717) is 18.2 Å². The number of likely N-dealkylation sites (tertiary alicyclic amines) is 1. The van der Waals surface area contributed by atoms with Gasteiger partial charge < -0.3 is 19.5 Å². The Morgan fingerprint density at radius 1 is 1.39 bits per heavy atom. The quantitative estimate of drug-likeness (QED) is 0.799. The number of benzene rings is 1. The first-order valence-electron chi connectivity index (χ1n) is 9.41. The molecule has 1 spiro atoms. The second kappa shape index (κ2) is 8.16. The van der Waals surface area contributed by atoms with Crippen LogP contribution in [-0.4, -0.2) is 68.0 Å². The van der Waals surface area contributed by atoms with Crippen LogP contribution in [0.2, 0.25) is 0 Å². The molecule has 0 bridgehead atoms. The van der Waals surface area contributed by atoms with Crippen LogP contribution in [0.5, 0.6) is 5.75 Å². The van der Waals surface area contributed by atoms with Crippen molar-refractivity contribution >= 4 is 22.4 Å². The Labute approximate surface area is 168 Å². The largest absolute Gasteiger partial charge is 0.497 e. The highest BCUT2D eigenvalue weighted by Crippen LogP contribution is 2.36. The van der Waals surface area contributed by atoms with E-state index >= 15 is 0 Å². The van der Waals surface area contributed by atoms with E-state index in [2.05, 4.69) is 15.2 Å². The van der Waals surface area contributed by atoms with Crippen LogP contribution >= 0.6 is 11.3 Å². The molecule has 3 heterocycles. The molecule has 0 saturated carbocycles. The summed E-state index contributed by atoms with van der Waals surface area (Å²) in [6, 6.07) is 7.70. The van der Waals surface area contributed by atoms with E-state index in [4.69, 9.17) is 14.2 Å². The SMILES string of the molecule is COc1ccc(-c2csc(NC(=O)CN3C[C@@H](OC)[C@@]4(CCCO4)C3)n2)cc1. The first-order valence-corrected chi connectivity index (χ1v) is 10.3. The maximum absolute atomic E-state index is 12.5. The van der Waals surface area contributed by atoms with Gasteiger partial charge in [0.05, 0.1) is 25.5 Å². The van der Waals surface area contributed by atoms with Crippen molar-refractivity contribution in [2.24, 2.45) is 0 Å². The molecule has 0 unspecified atom stereocenters. The highest BCUT2D eigenvalue weighted by molar-refractivity contribution is 7.14. The van der Waals surface area contributed by atoms with Crippen molar-refractivity contribution in [2.45, 2.75) is 24.5 Å². The lowest BCUT2D eigenvalue weighted by molar-refractivity contribution is -0.117. The second-order valence-electron chi connectivity index (χ2n) is 7.23. The number of ether oxygens (including phenoxy) is 3. The van der Waals surface area contributed by atoms with Gasteiger partial charge in [-0.3, -0.25) is 9.69 Å². The zero-order chi connectivity index (χ0) is 19.6. The zero-order valence-electron chi connectivity index (χ0n) is 16.1. The van der Waals surface area contributed by atoms with Crippen LogP contribution in [-0.2, 0) is 14.3 Å². The van der Waals surface area contributed by atoms with Gasteiger partial charge in [-0.2, -0.15) is 0 Å². The highest BCUT2D eigenvalue weighted by atomic mass is 32.1. The van der Waals surface area contributed by atoms with Crippen molar-refractivity contribution < 1.29 is 19.0 Å². The maximum atomic E-state index is 12.5. The van der Waals surface area contributed by atoms with Crippen molar-refractivity contribution in [1.29, 1.82) is 0 Å². The molecular weight excluding hydrogens is 378 g/mol. The highest BCUT2D eigenvalue weighted by Gasteiger charge is 2.50. The first kappa shape index (κ1) is 19.3. The fourth-order valence-corrected chi connectivity index (χ4v) is 4.78. The Kier molecular flexibility index (Phi) is 5.63. The van der Waals surface area contributed by atoms with Crippen LogP contribution in [0.15, 0.2) is 29.6 Å². The van der Waals surface area contributed by atoms with Gasteiger partial charge in [-0.1, -0.05) is 0 Å². The number of rotatable bonds is 6. The molecule has 2 atom stereocenters. The van der Waals surface area contributed by atoms with Gasteiger partial charge in [0.25, 0.3) is 0 Å². The van der Waals surface area contributed by atoms with E-state index in [1.807, 2.05) is 29.6 Å². The van der Waals surface area contributed by atoms with Crippen LogP contribution < -0.4 is 10.1 Å². The minimum atomic E-state index is -0.252. The van der Waals surface area contributed by atoms with Gasteiger partial charge >= 0.3 is 0 Å². The maximum Gasteiger partial charge on any atom is 0.240 e. The third kappa shape index (κ3) is 3.91. The Morgan fingerprint density at radius 3 is 2.89 bits per heavy atom. The van der Waals surface area contributed by atoms with Gasteiger partial charge in [0, 0.05) is 37.7 Å². The molecule has 0 radical (unpaired) electrons. The molecule has 1 amide bonds. The number of hydrogen-bond acceptors (Lipinski definition) is 7. The molecule has 2 fully saturated rings. The fourth-order valence-electron chi connectivity index (χ4n) is 4.04. The number of carbonyl (C=O) groups excluding carboxylic acids is 1. The smallest absolute Gasteiger partial charge is 0.240 e. The summed E-state index contributed by atoms with van der Waals surface area (Å²) in [6.07, 6.45) is 2.05. The molecule has 1 aromatic carbocycles. The molecule has 150 valence electrons. The second-order valence-corrected chi connectivity index (χ2v) is 8.08. The molecule has 2 saturated heterocycles. The van der Waals surface area contributed by atoms with Crippen LogP contribution in [0.1, 0.15) is 12.8 Å². The van der Waals surface area contributed by atoms with Gasteiger partial charge in [0.15, 0.2) is 5.13 Å². The Hall–Kier alpha value is -2.00. The van der Waals surface area contributed by atoms with Crippen LogP contribution in [0, 0.1) is 0 Å². The molecular formula is C20H25N3O4S. The summed E-state index contributed by atoms with van der Waals surface area (Å²) in [5.41, 5.74) is 1.57. The number of carbonyl (C=O) groups is 1. The molecule has 8 heteroatoms. The molecule has 0 aliphatic carbocycles. The number of nitrogens with one attached hydrogen (secondary N) is 1. The number of nitrogens with zero attached hydrogens (tertiary/aromatic N) is 2. The molecule has 2 aliphatic heterocycles. The fraction of sp³-hybridized carbons (Fsp3) is 0.500. The van der Waals surface area contributed by atoms with Crippen molar-refractivity contribution in [2.75, 3.05) is 45.8 Å². The summed E-state index contributed by atoms with van der Waals surface area (Å²) in [7, 11) is 3.36. The summed E-state index contributed by atoms with van der Waals surface area (Å²) < 4.78 is 16.8. The molecule has 7 nitrogen and oxygen atoms in total. The third-order valence-electron chi connectivity index (χ3n) is 5.42. The number of methoxy groups -OCH3 is 2. The lowest BCUT2D eigenvalue weighted by Crippen LogP contribution is -2.42. The van der Waals surface area contributed by atoms with Gasteiger partial charge in [-0.05, 0) is 37.1 Å². The van der Waals surface area contributed by atoms with E-state index < -0.39 is 0 Å². The first-order chi connectivity index (χ1) is 13.6. The minimum absolute atomic E-state index is 0.0179. The summed E-state index contributed by atoms with van der Waals surface area (Å²) in [4.78, 5) is 19.1. The molecule has 1 aromatic heterocycles. The lowest BCUT2D eigenvalue weighted by atomic mass is 9.97. The zero-order valence-corrected chi connectivity index (χ0v) is 17.0. The predicted octanol–water partition coefficient (Wildman–Crippen LogP) is 2.64. The van der Waals surface area contributed by atoms with E-state index in [1.54, 1.807) is 14.2 Å². The third-order valence-corrected chi connectivity index (χ3v) is 6.18. The number of amides is 1. The van der Waals surface area contributed by atoms with Gasteiger partial charge in [0.1, 0.15) is 11.4 Å².